The van der Waals surface area contributed by atoms with Crippen LogP contribution in [0.2, 0.25) is 0 Å². The maximum atomic E-state index is 11.6. The van der Waals surface area contributed by atoms with Crippen molar-refractivity contribution >= 4 is 11.9 Å². The van der Waals surface area contributed by atoms with Gasteiger partial charge in [0.1, 0.15) is 0 Å². The summed E-state index contributed by atoms with van der Waals surface area (Å²) in [6.07, 6.45) is 8.29. The highest BCUT2D eigenvalue weighted by Crippen LogP contribution is 2.20. The molecule has 1 aromatic carbocycles. The second-order valence-corrected chi connectivity index (χ2v) is 7.53. The molecule has 2 N–H and O–H groups in total. The predicted molar refractivity (Wildman–Crippen MR) is 116 cm³/mol. The molecular formula is C22H32N6O. The van der Waals surface area contributed by atoms with Gasteiger partial charge < -0.3 is 20.1 Å². The topological polar surface area (TPSA) is 74.5 Å². The predicted octanol–water partition coefficient (Wildman–Crippen LogP) is 2.25. The number of amides is 1. The number of likely N-dealkylation sites (tertiary alicyclic amines) is 1. The minimum absolute atomic E-state index is 0.139. The molecule has 0 unspecified atom stereocenters. The molecule has 29 heavy (non-hydrogen) atoms. The number of nitrogens with zero attached hydrogens (tertiary/aromatic N) is 4. The summed E-state index contributed by atoms with van der Waals surface area (Å²) in [5, 5.41) is 6.14. The van der Waals surface area contributed by atoms with Crippen LogP contribution in [0.3, 0.4) is 0 Å². The normalized spacial score (nSPS) is 15.4. The van der Waals surface area contributed by atoms with Gasteiger partial charge in [-0.3, -0.25) is 4.79 Å². The van der Waals surface area contributed by atoms with Gasteiger partial charge in [0.15, 0.2) is 5.96 Å². The molecule has 0 atom stereocenters. The van der Waals surface area contributed by atoms with Crippen molar-refractivity contribution in [2.75, 3.05) is 26.7 Å². The molecule has 1 aliphatic rings. The summed E-state index contributed by atoms with van der Waals surface area (Å²) in [5.41, 5.74) is 2.45. The number of carbonyl (C=O) groups excluding carboxylic acids is 1. The van der Waals surface area contributed by atoms with Gasteiger partial charge in [-0.25, -0.2) is 9.98 Å². The van der Waals surface area contributed by atoms with Crippen LogP contribution in [0.25, 0.3) is 0 Å². The Bertz CT molecular complexity index is 776. The highest BCUT2D eigenvalue weighted by Gasteiger charge is 2.23. The number of piperidine rings is 1. The minimum atomic E-state index is 0.139. The Morgan fingerprint density at radius 2 is 1.93 bits per heavy atom. The van der Waals surface area contributed by atoms with Gasteiger partial charge in [0.05, 0.1) is 12.9 Å². The lowest BCUT2D eigenvalue weighted by Crippen LogP contribution is -2.46. The molecule has 7 heteroatoms. The van der Waals surface area contributed by atoms with E-state index in [9.17, 15) is 4.79 Å². The van der Waals surface area contributed by atoms with Crippen molar-refractivity contribution in [2.45, 2.75) is 39.3 Å². The molecule has 3 rings (SSSR count). The average Bonchev–Trinajstić information content (AvgIpc) is 3.26. The molecule has 1 aromatic heterocycles. The fourth-order valence-electron chi connectivity index (χ4n) is 3.65. The van der Waals surface area contributed by atoms with E-state index in [0.717, 1.165) is 45.0 Å². The first-order valence-corrected chi connectivity index (χ1v) is 10.4. The Balaban J connectivity index is 1.54. The molecular weight excluding hydrogens is 364 g/mol. The van der Waals surface area contributed by atoms with Gasteiger partial charge in [-0.1, -0.05) is 24.3 Å². The molecule has 1 saturated heterocycles. The fourth-order valence-corrected chi connectivity index (χ4v) is 3.65. The molecule has 156 valence electrons. The molecule has 1 aliphatic heterocycles. The smallest absolute Gasteiger partial charge is 0.220 e. The average molecular weight is 397 g/mol. The zero-order valence-electron chi connectivity index (χ0n) is 17.5. The number of guanidine groups is 1. The van der Waals surface area contributed by atoms with Crippen molar-refractivity contribution in [1.29, 1.82) is 0 Å². The Kier molecular flexibility index (Phi) is 7.67. The van der Waals surface area contributed by atoms with Crippen molar-refractivity contribution in [3.8, 4) is 0 Å². The zero-order chi connectivity index (χ0) is 20.5. The third-order valence-electron chi connectivity index (χ3n) is 5.36. The standard InChI is InChI=1S/C22H32N6O/c1-3-25-22(28-11-8-18(9-12-28)14-21(29)23-2)26-15-19-4-6-20(7-5-19)16-27-13-10-24-17-27/h4-7,10,13,17-18H,3,8-9,11-12,14-16H2,1-2H3,(H,23,29)(H,25,26). The fraction of sp³-hybridized carbons (Fsp3) is 0.500. The van der Waals surface area contributed by atoms with E-state index in [-0.39, 0.29) is 5.91 Å². The van der Waals surface area contributed by atoms with E-state index in [1.807, 2.05) is 12.5 Å². The van der Waals surface area contributed by atoms with Crippen molar-refractivity contribution < 1.29 is 4.79 Å². The van der Waals surface area contributed by atoms with Gasteiger partial charge in [0, 0.05) is 52.0 Å². The van der Waals surface area contributed by atoms with Crippen molar-refractivity contribution in [1.82, 2.24) is 25.1 Å². The number of nitrogens with one attached hydrogen (secondary N) is 2. The highest BCUT2D eigenvalue weighted by atomic mass is 16.1. The summed E-state index contributed by atoms with van der Waals surface area (Å²) >= 11 is 0. The lowest BCUT2D eigenvalue weighted by atomic mass is 9.93. The molecule has 0 saturated carbocycles. The van der Waals surface area contributed by atoms with Crippen LogP contribution in [0.1, 0.15) is 37.3 Å². The molecule has 2 aromatic rings. The summed E-state index contributed by atoms with van der Waals surface area (Å²) in [6, 6.07) is 8.61. The lowest BCUT2D eigenvalue weighted by molar-refractivity contribution is -0.121. The Labute approximate surface area is 173 Å². The SMILES string of the molecule is CCNC(=NCc1ccc(Cn2ccnc2)cc1)N1CCC(CC(=O)NC)CC1. The second kappa shape index (κ2) is 10.6. The summed E-state index contributed by atoms with van der Waals surface area (Å²) in [5.74, 6) is 1.58. The third-order valence-corrected chi connectivity index (χ3v) is 5.36. The van der Waals surface area contributed by atoms with Crippen LogP contribution in [-0.4, -0.2) is 53.0 Å². The van der Waals surface area contributed by atoms with E-state index in [2.05, 4.69) is 56.3 Å². The number of benzene rings is 1. The van der Waals surface area contributed by atoms with E-state index in [1.54, 1.807) is 13.2 Å². The van der Waals surface area contributed by atoms with Crippen LogP contribution in [0.15, 0.2) is 48.0 Å². The largest absolute Gasteiger partial charge is 0.359 e. The number of hydrogen-bond donors (Lipinski definition) is 2. The van der Waals surface area contributed by atoms with Crippen molar-refractivity contribution in [3.63, 3.8) is 0 Å². The van der Waals surface area contributed by atoms with Gasteiger partial charge in [-0.05, 0) is 36.8 Å². The van der Waals surface area contributed by atoms with E-state index in [4.69, 9.17) is 4.99 Å². The molecule has 0 bridgehead atoms. The molecule has 2 heterocycles. The number of aromatic nitrogens is 2. The Morgan fingerprint density at radius 1 is 1.21 bits per heavy atom. The summed E-state index contributed by atoms with van der Waals surface area (Å²) < 4.78 is 2.06. The van der Waals surface area contributed by atoms with Gasteiger partial charge >= 0.3 is 0 Å². The van der Waals surface area contributed by atoms with Crippen molar-refractivity contribution in [2.24, 2.45) is 10.9 Å². The van der Waals surface area contributed by atoms with Gasteiger partial charge in [-0.2, -0.15) is 0 Å². The number of hydrogen-bond acceptors (Lipinski definition) is 3. The third kappa shape index (κ3) is 6.34. The van der Waals surface area contributed by atoms with Gasteiger partial charge in [-0.15, -0.1) is 0 Å². The molecule has 1 amide bonds. The first-order chi connectivity index (χ1) is 14.2. The Morgan fingerprint density at radius 3 is 2.55 bits per heavy atom. The van der Waals surface area contributed by atoms with Crippen LogP contribution >= 0.6 is 0 Å². The Hall–Kier alpha value is -2.83. The maximum absolute atomic E-state index is 11.6. The molecule has 0 aliphatic carbocycles. The molecule has 0 spiro atoms. The van der Waals surface area contributed by atoms with Crippen LogP contribution in [0.4, 0.5) is 0 Å². The summed E-state index contributed by atoms with van der Waals surface area (Å²) in [4.78, 5) is 22.9. The first kappa shape index (κ1) is 20.9. The van der Waals surface area contributed by atoms with E-state index in [1.165, 1.54) is 11.1 Å². The molecule has 0 radical (unpaired) electrons. The molecule has 7 nitrogen and oxygen atoms in total. The van der Waals surface area contributed by atoms with Crippen LogP contribution < -0.4 is 10.6 Å². The summed E-state index contributed by atoms with van der Waals surface area (Å²) in [6.45, 7) is 6.32. The van der Waals surface area contributed by atoms with Crippen LogP contribution in [0, 0.1) is 5.92 Å². The second-order valence-electron chi connectivity index (χ2n) is 7.53. The number of carbonyl (C=O) groups is 1. The van der Waals surface area contributed by atoms with E-state index < -0.39 is 0 Å². The molecule has 1 fully saturated rings. The quantitative estimate of drug-likeness (QED) is 0.556. The first-order valence-electron chi connectivity index (χ1n) is 10.4. The number of aliphatic imine (C=N–C) groups is 1. The monoisotopic (exact) mass is 396 g/mol. The zero-order valence-corrected chi connectivity index (χ0v) is 17.5. The van der Waals surface area contributed by atoms with Gasteiger partial charge in [0.25, 0.3) is 0 Å². The number of imidazole rings is 1. The van der Waals surface area contributed by atoms with E-state index >= 15 is 0 Å². The van der Waals surface area contributed by atoms with Gasteiger partial charge in [0.2, 0.25) is 5.91 Å². The number of rotatable bonds is 7. The lowest BCUT2D eigenvalue weighted by Gasteiger charge is -2.34. The maximum Gasteiger partial charge on any atom is 0.220 e. The summed E-state index contributed by atoms with van der Waals surface area (Å²) in [7, 11) is 1.71. The van der Waals surface area contributed by atoms with Crippen LogP contribution in [-0.2, 0) is 17.9 Å². The van der Waals surface area contributed by atoms with E-state index in [0.29, 0.717) is 18.9 Å². The highest BCUT2D eigenvalue weighted by molar-refractivity contribution is 5.80. The minimum Gasteiger partial charge on any atom is -0.359 e. The van der Waals surface area contributed by atoms with Crippen molar-refractivity contribution in [3.05, 3.63) is 54.1 Å². The van der Waals surface area contributed by atoms with Crippen LogP contribution in [0.5, 0.6) is 0 Å².